The Morgan fingerprint density at radius 3 is 2.33 bits per heavy atom. The van der Waals surface area contributed by atoms with Crippen molar-refractivity contribution in [2.24, 2.45) is 5.73 Å². The van der Waals surface area contributed by atoms with E-state index >= 15 is 0 Å². The summed E-state index contributed by atoms with van der Waals surface area (Å²) in [6.45, 7) is 1.77. The van der Waals surface area contributed by atoms with Crippen molar-refractivity contribution in [3.8, 4) is 0 Å². The van der Waals surface area contributed by atoms with Crippen LogP contribution in [0.15, 0.2) is 0 Å². The molecule has 0 amide bonds. The number of carbonyl (C=O) groups is 1. The van der Waals surface area contributed by atoms with E-state index in [-0.39, 0.29) is 6.61 Å². The average molecular weight is 229 g/mol. The molecule has 0 aliphatic rings. The van der Waals surface area contributed by atoms with E-state index in [0.29, 0.717) is 6.42 Å². The third-order valence-corrected chi connectivity index (χ3v) is 1.64. The molecule has 0 spiro atoms. The molecule has 0 saturated heterocycles. The lowest BCUT2D eigenvalue weighted by molar-refractivity contribution is -0.189. The molecule has 0 aromatic heterocycles. The van der Waals surface area contributed by atoms with E-state index in [1.54, 1.807) is 6.92 Å². The number of methoxy groups -OCH3 is 1. The molecule has 2 N–H and O–H groups in total. The van der Waals surface area contributed by atoms with Gasteiger partial charge in [-0.3, -0.25) is 0 Å². The molecule has 7 heteroatoms. The Hall–Kier alpha value is -0.820. The van der Waals surface area contributed by atoms with Crippen LogP contribution >= 0.6 is 0 Å². The summed E-state index contributed by atoms with van der Waals surface area (Å²) >= 11 is 0. The average Bonchev–Trinajstić information content (AvgIpc) is 2.14. The highest BCUT2D eigenvalue weighted by Crippen LogP contribution is 2.22. The molecular formula is C8H14F3NO3. The molecular weight excluding hydrogens is 215 g/mol. The van der Waals surface area contributed by atoms with Crippen LogP contribution in [0.2, 0.25) is 0 Å². The molecule has 0 saturated carbocycles. The van der Waals surface area contributed by atoms with Crippen LogP contribution in [-0.2, 0) is 14.3 Å². The summed E-state index contributed by atoms with van der Waals surface area (Å²) in [6, 6.07) is -2.37. The first-order chi connectivity index (χ1) is 6.84. The van der Waals surface area contributed by atoms with E-state index in [1.807, 2.05) is 0 Å². The van der Waals surface area contributed by atoms with Gasteiger partial charge in [-0.25, -0.2) is 4.79 Å². The van der Waals surface area contributed by atoms with Gasteiger partial charge < -0.3 is 15.2 Å². The van der Waals surface area contributed by atoms with Gasteiger partial charge in [0.25, 0.3) is 0 Å². The van der Waals surface area contributed by atoms with E-state index in [0.717, 1.165) is 7.11 Å². The fourth-order valence-corrected chi connectivity index (χ4v) is 0.846. The Morgan fingerprint density at radius 1 is 1.47 bits per heavy atom. The standard InChI is InChI=1S/C8H14F3NO3/c1-3-4-15-7(13)5(14-2)6(12)8(9,10)11/h5-6H,3-4,12H2,1-2H3/t5-,6-/m1/s1. The lowest BCUT2D eigenvalue weighted by Gasteiger charge is -2.22. The van der Waals surface area contributed by atoms with Crippen molar-refractivity contribution in [2.45, 2.75) is 31.7 Å². The zero-order valence-corrected chi connectivity index (χ0v) is 8.50. The first kappa shape index (κ1) is 14.2. The lowest BCUT2D eigenvalue weighted by atomic mass is 10.1. The van der Waals surface area contributed by atoms with Gasteiger partial charge in [0.05, 0.1) is 6.61 Å². The van der Waals surface area contributed by atoms with E-state index in [2.05, 4.69) is 9.47 Å². The molecule has 0 aliphatic heterocycles. The molecule has 0 aromatic rings. The minimum atomic E-state index is -4.69. The molecule has 0 bridgehead atoms. The van der Waals surface area contributed by atoms with Gasteiger partial charge in [0, 0.05) is 7.11 Å². The third-order valence-electron chi connectivity index (χ3n) is 1.64. The van der Waals surface area contributed by atoms with E-state index in [9.17, 15) is 18.0 Å². The number of ether oxygens (including phenoxy) is 2. The van der Waals surface area contributed by atoms with Crippen LogP contribution in [0.3, 0.4) is 0 Å². The summed E-state index contributed by atoms with van der Waals surface area (Å²) < 4.78 is 45.4. The van der Waals surface area contributed by atoms with Gasteiger partial charge in [0.2, 0.25) is 0 Å². The van der Waals surface area contributed by atoms with Crippen LogP contribution in [0.4, 0.5) is 13.2 Å². The van der Waals surface area contributed by atoms with Crippen LogP contribution in [-0.4, -0.2) is 38.0 Å². The summed E-state index contributed by atoms with van der Waals surface area (Å²) in [6.07, 6.45) is -5.98. The summed E-state index contributed by atoms with van der Waals surface area (Å²) in [4.78, 5) is 11.1. The lowest BCUT2D eigenvalue weighted by Crippen LogP contribution is -2.52. The van der Waals surface area contributed by atoms with Gasteiger partial charge in [-0.15, -0.1) is 0 Å². The predicted molar refractivity (Wildman–Crippen MR) is 46.1 cm³/mol. The van der Waals surface area contributed by atoms with Crippen LogP contribution in [0.1, 0.15) is 13.3 Å². The Kier molecular flexibility index (Phi) is 5.59. The van der Waals surface area contributed by atoms with Crippen molar-refractivity contribution in [1.82, 2.24) is 0 Å². The zero-order chi connectivity index (χ0) is 12.1. The molecule has 0 heterocycles. The highest BCUT2D eigenvalue weighted by Gasteiger charge is 2.46. The molecule has 0 unspecified atom stereocenters. The predicted octanol–water partition coefficient (Wildman–Crippen LogP) is 0.844. The van der Waals surface area contributed by atoms with E-state index in [1.165, 1.54) is 0 Å². The minimum absolute atomic E-state index is 0.0449. The summed E-state index contributed by atoms with van der Waals surface area (Å²) in [5.74, 6) is -1.09. The second kappa shape index (κ2) is 5.92. The number of nitrogens with two attached hydrogens (primary N) is 1. The highest BCUT2D eigenvalue weighted by molar-refractivity contribution is 5.75. The largest absolute Gasteiger partial charge is 0.464 e. The molecule has 0 fully saturated rings. The normalized spacial score (nSPS) is 15.9. The molecule has 4 nitrogen and oxygen atoms in total. The summed E-state index contributed by atoms with van der Waals surface area (Å²) in [7, 11) is 0.976. The zero-order valence-electron chi connectivity index (χ0n) is 8.50. The maximum Gasteiger partial charge on any atom is 0.406 e. The highest BCUT2D eigenvalue weighted by atomic mass is 19.4. The van der Waals surface area contributed by atoms with Crippen molar-refractivity contribution < 1.29 is 27.4 Å². The van der Waals surface area contributed by atoms with E-state index in [4.69, 9.17) is 5.73 Å². The van der Waals surface area contributed by atoms with E-state index < -0.39 is 24.3 Å². The Balaban J connectivity index is 4.41. The molecule has 0 radical (unpaired) electrons. The first-order valence-electron chi connectivity index (χ1n) is 4.36. The van der Waals surface area contributed by atoms with Gasteiger partial charge >= 0.3 is 12.1 Å². The molecule has 0 rings (SSSR count). The summed E-state index contributed by atoms with van der Waals surface area (Å²) in [5.41, 5.74) is 4.83. The van der Waals surface area contributed by atoms with Crippen molar-refractivity contribution in [3.63, 3.8) is 0 Å². The fourth-order valence-electron chi connectivity index (χ4n) is 0.846. The van der Waals surface area contributed by atoms with Crippen molar-refractivity contribution in [2.75, 3.05) is 13.7 Å². The fraction of sp³-hybridized carbons (Fsp3) is 0.875. The molecule has 0 aromatic carbocycles. The Bertz CT molecular complexity index is 208. The van der Waals surface area contributed by atoms with Gasteiger partial charge in [-0.2, -0.15) is 13.2 Å². The maximum atomic E-state index is 12.2. The smallest absolute Gasteiger partial charge is 0.406 e. The monoisotopic (exact) mass is 229 g/mol. The van der Waals surface area contributed by atoms with Crippen molar-refractivity contribution in [1.29, 1.82) is 0 Å². The van der Waals surface area contributed by atoms with Gasteiger partial charge in [-0.1, -0.05) is 6.92 Å². The summed E-state index contributed by atoms with van der Waals surface area (Å²) in [5, 5.41) is 0. The SMILES string of the molecule is CCCOC(=O)[C@H](OC)[C@@H](N)C(F)(F)F. The Labute approximate surface area is 85.5 Å². The van der Waals surface area contributed by atoms with Crippen molar-refractivity contribution in [3.05, 3.63) is 0 Å². The van der Waals surface area contributed by atoms with Crippen LogP contribution in [0.5, 0.6) is 0 Å². The van der Waals surface area contributed by atoms with Crippen LogP contribution in [0.25, 0.3) is 0 Å². The number of hydrogen-bond acceptors (Lipinski definition) is 4. The number of alkyl halides is 3. The van der Waals surface area contributed by atoms with Gasteiger partial charge in [0.1, 0.15) is 6.04 Å². The quantitative estimate of drug-likeness (QED) is 0.710. The van der Waals surface area contributed by atoms with Crippen molar-refractivity contribution >= 4 is 5.97 Å². The number of halogens is 3. The number of carbonyl (C=O) groups excluding carboxylic acids is 1. The number of esters is 1. The van der Waals surface area contributed by atoms with Crippen LogP contribution in [0, 0.1) is 0 Å². The minimum Gasteiger partial charge on any atom is -0.464 e. The molecule has 2 atom stereocenters. The third kappa shape index (κ3) is 4.48. The second-order valence-electron chi connectivity index (χ2n) is 2.89. The molecule has 0 aliphatic carbocycles. The second-order valence-corrected chi connectivity index (χ2v) is 2.89. The van der Waals surface area contributed by atoms with Crippen LogP contribution < -0.4 is 5.73 Å². The number of hydrogen-bond donors (Lipinski definition) is 1. The molecule has 90 valence electrons. The molecule has 15 heavy (non-hydrogen) atoms. The number of rotatable bonds is 5. The Morgan fingerprint density at radius 2 is 2.00 bits per heavy atom. The first-order valence-corrected chi connectivity index (χ1v) is 4.36. The topological polar surface area (TPSA) is 61.5 Å². The van der Waals surface area contributed by atoms with Gasteiger partial charge in [0.15, 0.2) is 6.10 Å². The van der Waals surface area contributed by atoms with Gasteiger partial charge in [-0.05, 0) is 6.42 Å². The maximum absolute atomic E-state index is 12.2.